The average molecular weight is 265 g/mol. The third-order valence-electron chi connectivity index (χ3n) is 3.71. The van der Waals surface area contributed by atoms with Crippen molar-refractivity contribution < 1.29 is 9.53 Å². The summed E-state index contributed by atoms with van der Waals surface area (Å²) in [7, 11) is 0. The average Bonchev–Trinajstić information content (AvgIpc) is 2.93. The first-order valence-electron chi connectivity index (χ1n) is 7.05. The fraction of sp³-hybridized carbons (Fsp3) is 0.786. The van der Waals surface area contributed by atoms with Crippen LogP contribution in [-0.2, 0) is 9.53 Å². The number of nitrogens with one attached hydrogen (secondary N) is 1. The number of piperazine rings is 1. The van der Waals surface area contributed by atoms with Crippen molar-refractivity contribution in [3.8, 4) is 12.3 Å². The molecule has 1 unspecified atom stereocenters. The standard InChI is InChI=1S/C14H23N3O2/c1-2-5-15-11-14(18)17-8-6-16(7-9-17)12-13-4-3-10-19-13/h1,13,15H,3-12H2. The largest absolute Gasteiger partial charge is 0.377 e. The second-order valence-electron chi connectivity index (χ2n) is 5.12. The number of hydrogen-bond acceptors (Lipinski definition) is 4. The Labute approximate surface area is 115 Å². The molecule has 2 aliphatic heterocycles. The Kier molecular flexibility index (Phi) is 5.64. The minimum Gasteiger partial charge on any atom is -0.377 e. The third-order valence-corrected chi connectivity index (χ3v) is 3.71. The molecule has 1 amide bonds. The molecule has 2 heterocycles. The van der Waals surface area contributed by atoms with E-state index in [0.29, 0.717) is 19.2 Å². The van der Waals surface area contributed by atoms with Crippen molar-refractivity contribution in [3.63, 3.8) is 0 Å². The molecule has 0 aromatic rings. The monoisotopic (exact) mass is 265 g/mol. The summed E-state index contributed by atoms with van der Waals surface area (Å²) in [5.41, 5.74) is 0. The molecule has 2 rings (SSSR count). The van der Waals surface area contributed by atoms with E-state index in [1.165, 1.54) is 12.8 Å². The summed E-state index contributed by atoms with van der Waals surface area (Å²) < 4.78 is 5.64. The molecule has 5 nitrogen and oxygen atoms in total. The molecule has 0 spiro atoms. The zero-order chi connectivity index (χ0) is 13.5. The Bertz CT molecular complexity index is 326. The van der Waals surface area contributed by atoms with Gasteiger partial charge in [-0.15, -0.1) is 6.42 Å². The highest BCUT2D eigenvalue weighted by Gasteiger charge is 2.24. The normalized spacial score (nSPS) is 24.4. The van der Waals surface area contributed by atoms with Gasteiger partial charge in [-0.25, -0.2) is 0 Å². The molecule has 0 aromatic carbocycles. The van der Waals surface area contributed by atoms with Crippen LogP contribution in [0.15, 0.2) is 0 Å². The van der Waals surface area contributed by atoms with E-state index < -0.39 is 0 Å². The van der Waals surface area contributed by atoms with Crippen molar-refractivity contribution in [1.29, 1.82) is 0 Å². The lowest BCUT2D eigenvalue weighted by Gasteiger charge is -2.35. The van der Waals surface area contributed by atoms with Crippen LogP contribution in [0.2, 0.25) is 0 Å². The van der Waals surface area contributed by atoms with Crippen molar-refractivity contribution in [2.75, 3.05) is 52.4 Å². The molecule has 5 heteroatoms. The topological polar surface area (TPSA) is 44.8 Å². The SMILES string of the molecule is C#CCNCC(=O)N1CCN(CC2CCCO2)CC1. The van der Waals surface area contributed by atoms with E-state index in [4.69, 9.17) is 11.2 Å². The molecule has 0 radical (unpaired) electrons. The van der Waals surface area contributed by atoms with E-state index >= 15 is 0 Å². The summed E-state index contributed by atoms with van der Waals surface area (Å²) in [5, 5.41) is 2.94. The molecule has 19 heavy (non-hydrogen) atoms. The number of carbonyl (C=O) groups is 1. The van der Waals surface area contributed by atoms with Crippen LogP contribution in [0.4, 0.5) is 0 Å². The van der Waals surface area contributed by atoms with E-state index in [1.54, 1.807) is 0 Å². The van der Waals surface area contributed by atoms with E-state index in [9.17, 15) is 4.79 Å². The van der Waals surface area contributed by atoms with Gasteiger partial charge in [0.2, 0.25) is 5.91 Å². The van der Waals surface area contributed by atoms with Gasteiger partial charge in [0.1, 0.15) is 0 Å². The third kappa shape index (κ3) is 4.50. The zero-order valence-electron chi connectivity index (χ0n) is 11.4. The summed E-state index contributed by atoms with van der Waals surface area (Å²) in [5.74, 6) is 2.61. The van der Waals surface area contributed by atoms with Crippen molar-refractivity contribution in [2.45, 2.75) is 18.9 Å². The maximum absolute atomic E-state index is 11.9. The second kappa shape index (κ2) is 7.49. The van der Waals surface area contributed by atoms with E-state index in [1.807, 2.05) is 4.90 Å². The van der Waals surface area contributed by atoms with Crippen LogP contribution in [0, 0.1) is 12.3 Å². The lowest BCUT2D eigenvalue weighted by atomic mass is 10.2. The Hall–Kier alpha value is -1.09. The molecule has 1 atom stereocenters. The van der Waals surface area contributed by atoms with Crippen molar-refractivity contribution in [3.05, 3.63) is 0 Å². The van der Waals surface area contributed by atoms with Crippen LogP contribution in [-0.4, -0.2) is 74.2 Å². The molecule has 2 fully saturated rings. The zero-order valence-corrected chi connectivity index (χ0v) is 11.4. The van der Waals surface area contributed by atoms with Gasteiger partial charge in [-0.1, -0.05) is 5.92 Å². The number of ether oxygens (including phenoxy) is 1. The summed E-state index contributed by atoms with van der Waals surface area (Å²) in [4.78, 5) is 16.2. The van der Waals surface area contributed by atoms with Crippen LogP contribution in [0.3, 0.4) is 0 Å². The Morgan fingerprint density at radius 2 is 2.16 bits per heavy atom. The van der Waals surface area contributed by atoms with Gasteiger partial charge >= 0.3 is 0 Å². The maximum Gasteiger partial charge on any atom is 0.236 e. The first-order chi connectivity index (χ1) is 9.29. The number of hydrogen-bond donors (Lipinski definition) is 1. The summed E-state index contributed by atoms with van der Waals surface area (Å²) in [6, 6.07) is 0. The van der Waals surface area contributed by atoms with E-state index in [-0.39, 0.29) is 5.91 Å². The molecular weight excluding hydrogens is 242 g/mol. The highest BCUT2D eigenvalue weighted by Crippen LogP contribution is 2.14. The Morgan fingerprint density at radius 3 is 2.79 bits per heavy atom. The smallest absolute Gasteiger partial charge is 0.236 e. The number of nitrogens with zero attached hydrogens (tertiary/aromatic N) is 2. The van der Waals surface area contributed by atoms with Crippen molar-refractivity contribution >= 4 is 5.91 Å². The van der Waals surface area contributed by atoms with Crippen LogP contribution < -0.4 is 5.32 Å². The van der Waals surface area contributed by atoms with Gasteiger partial charge in [0.25, 0.3) is 0 Å². The number of rotatable bonds is 5. The van der Waals surface area contributed by atoms with Crippen LogP contribution >= 0.6 is 0 Å². The number of amides is 1. The van der Waals surface area contributed by atoms with Gasteiger partial charge in [-0.2, -0.15) is 0 Å². The minimum absolute atomic E-state index is 0.145. The van der Waals surface area contributed by atoms with E-state index in [2.05, 4.69) is 16.1 Å². The molecule has 0 bridgehead atoms. The second-order valence-corrected chi connectivity index (χ2v) is 5.12. The van der Waals surface area contributed by atoms with Gasteiger partial charge in [0, 0.05) is 39.3 Å². The van der Waals surface area contributed by atoms with Crippen LogP contribution in [0.25, 0.3) is 0 Å². The summed E-state index contributed by atoms with van der Waals surface area (Å²) in [6.07, 6.45) is 7.90. The number of terminal acetylenes is 1. The Morgan fingerprint density at radius 1 is 1.37 bits per heavy atom. The lowest BCUT2D eigenvalue weighted by molar-refractivity contribution is -0.132. The molecule has 1 N–H and O–H groups in total. The fourth-order valence-corrected chi connectivity index (χ4v) is 2.61. The van der Waals surface area contributed by atoms with Gasteiger partial charge in [-0.3, -0.25) is 15.0 Å². The quantitative estimate of drug-likeness (QED) is 0.539. The number of carbonyl (C=O) groups excluding carboxylic acids is 1. The van der Waals surface area contributed by atoms with Gasteiger partial charge in [0.05, 0.1) is 19.2 Å². The summed E-state index contributed by atoms with van der Waals surface area (Å²) in [6.45, 7) is 6.22. The van der Waals surface area contributed by atoms with Crippen LogP contribution in [0.5, 0.6) is 0 Å². The molecule has 2 saturated heterocycles. The van der Waals surface area contributed by atoms with Crippen molar-refractivity contribution in [1.82, 2.24) is 15.1 Å². The molecule has 106 valence electrons. The first-order valence-corrected chi connectivity index (χ1v) is 7.05. The maximum atomic E-state index is 11.9. The van der Waals surface area contributed by atoms with Gasteiger partial charge in [0.15, 0.2) is 0 Å². The highest BCUT2D eigenvalue weighted by atomic mass is 16.5. The molecule has 0 saturated carbocycles. The van der Waals surface area contributed by atoms with Gasteiger partial charge in [-0.05, 0) is 12.8 Å². The van der Waals surface area contributed by atoms with Crippen LogP contribution in [0.1, 0.15) is 12.8 Å². The first kappa shape index (κ1) is 14.3. The molecule has 2 aliphatic rings. The fourth-order valence-electron chi connectivity index (χ4n) is 2.61. The molecule has 0 aliphatic carbocycles. The van der Waals surface area contributed by atoms with Gasteiger partial charge < -0.3 is 9.64 Å². The molecule has 0 aromatic heterocycles. The highest BCUT2D eigenvalue weighted by molar-refractivity contribution is 5.78. The molecular formula is C14H23N3O2. The van der Waals surface area contributed by atoms with E-state index in [0.717, 1.165) is 39.3 Å². The minimum atomic E-state index is 0.145. The predicted molar refractivity (Wildman–Crippen MR) is 73.7 cm³/mol. The predicted octanol–water partition coefficient (Wildman–Crippen LogP) is -0.468. The Balaban J connectivity index is 1.64. The summed E-state index contributed by atoms with van der Waals surface area (Å²) >= 11 is 0. The lowest BCUT2D eigenvalue weighted by Crippen LogP contribution is -2.52. The van der Waals surface area contributed by atoms with Crippen molar-refractivity contribution in [2.24, 2.45) is 0 Å².